The Morgan fingerprint density at radius 1 is 1.60 bits per heavy atom. The molecular weight excluding hydrogens is 254 g/mol. The van der Waals surface area contributed by atoms with E-state index in [9.17, 15) is 4.79 Å². The van der Waals surface area contributed by atoms with E-state index in [0.717, 1.165) is 19.4 Å². The van der Waals surface area contributed by atoms with E-state index in [0.29, 0.717) is 17.4 Å². The van der Waals surface area contributed by atoms with Gasteiger partial charge in [0.25, 0.3) is 0 Å². The lowest BCUT2D eigenvalue weighted by atomic mass is 9.92. The minimum atomic E-state index is -0.146. The summed E-state index contributed by atoms with van der Waals surface area (Å²) in [5.41, 5.74) is 0.685. The zero-order chi connectivity index (χ0) is 14.4. The normalized spacial score (nSPS) is 21.8. The maximum Gasteiger partial charge on any atom is 0.241 e. The van der Waals surface area contributed by atoms with E-state index in [2.05, 4.69) is 17.6 Å². The second-order valence-corrected chi connectivity index (χ2v) is 5.02. The van der Waals surface area contributed by atoms with Crippen LogP contribution in [0.3, 0.4) is 0 Å². The van der Waals surface area contributed by atoms with Crippen LogP contribution in [0.25, 0.3) is 0 Å². The summed E-state index contributed by atoms with van der Waals surface area (Å²) in [6.45, 7) is 2.97. The summed E-state index contributed by atoms with van der Waals surface area (Å²) in [6, 6.07) is 8.85. The molecule has 5 heteroatoms. The SMILES string of the molecule is CC1CCCNC1C(=O)Nc1cccc(OCC#N)c1. The van der Waals surface area contributed by atoms with Crippen molar-refractivity contribution in [1.82, 2.24) is 5.32 Å². The molecule has 1 amide bonds. The molecule has 106 valence electrons. The van der Waals surface area contributed by atoms with E-state index in [4.69, 9.17) is 10.00 Å². The lowest BCUT2D eigenvalue weighted by Gasteiger charge is -2.28. The van der Waals surface area contributed by atoms with E-state index in [-0.39, 0.29) is 18.6 Å². The fraction of sp³-hybridized carbons (Fsp3) is 0.467. The summed E-state index contributed by atoms with van der Waals surface area (Å²) in [4.78, 5) is 12.2. The van der Waals surface area contributed by atoms with Crippen molar-refractivity contribution in [2.24, 2.45) is 5.92 Å². The van der Waals surface area contributed by atoms with Crippen LogP contribution in [0.2, 0.25) is 0 Å². The molecule has 1 heterocycles. The Kier molecular flexibility index (Phi) is 4.97. The summed E-state index contributed by atoms with van der Waals surface area (Å²) in [5, 5.41) is 14.6. The van der Waals surface area contributed by atoms with Crippen LogP contribution in [0, 0.1) is 17.2 Å². The fourth-order valence-corrected chi connectivity index (χ4v) is 2.40. The third-order valence-electron chi connectivity index (χ3n) is 3.46. The van der Waals surface area contributed by atoms with Gasteiger partial charge in [0.15, 0.2) is 6.61 Å². The summed E-state index contributed by atoms with van der Waals surface area (Å²) >= 11 is 0. The minimum absolute atomic E-state index is 0.00137. The molecule has 1 saturated heterocycles. The number of nitrogens with one attached hydrogen (secondary N) is 2. The van der Waals surface area contributed by atoms with Gasteiger partial charge in [-0.25, -0.2) is 0 Å². The number of nitrogens with zero attached hydrogens (tertiary/aromatic N) is 1. The molecule has 5 nitrogen and oxygen atoms in total. The van der Waals surface area contributed by atoms with Gasteiger partial charge in [-0.1, -0.05) is 13.0 Å². The first kappa shape index (κ1) is 14.4. The van der Waals surface area contributed by atoms with E-state index >= 15 is 0 Å². The first-order valence-electron chi connectivity index (χ1n) is 6.85. The number of rotatable bonds is 4. The van der Waals surface area contributed by atoms with Crippen LogP contribution in [0.15, 0.2) is 24.3 Å². The third kappa shape index (κ3) is 3.72. The van der Waals surface area contributed by atoms with Gasteiger partial charge in [0.05, 0.1) is 6.04 Å². The Hall–Kier alpha value is -2.06. The fourth-order valence-electron chi connectivity index (χ4n) is 2.40. The summed E-state index contributed by atoms with van der Waals surface area (Å²) in [5.74, 6) is 0.894. The molecule has 0 spiro atoms. The zero-order valence-electron chi connectivity index (χ0n) is 11.6. The van der Waals surface area contributed by atoms with Crippen LogP contribution >= 0.6 is 0 Å². The molecule has 2 N–H and O–H groups in total. The molecule has 1 aromatic rings. The maximum atomic E-state index is 12.2. The van der Waals surface area contributed by atoms with Crippen molar-refractivity contribution in [1.29, 1.82) is 5.26 Å². The Morgan fingerprint density at radius 3 is 3.20 bits per heavy atom. The average molecular weight is 273 g/mol. The highest BCUT2D eigenvalue weighted by Crippen LogP contribution is 2.20. The van der Waals surface area contributed by atoms with Crippen molar-refractivity contribution in [2.45, 2.75) is 25.8 Å². The second kappa shape index (κ2) is 6.92. The average Bonchev–Trinajstić information content (AvgIpc) is 2.46. The smallest absolute Gasteiger partial charge is 0.241 e. The monoisotopic (exact) mass is 273 g/mol. The van der Waals surface area contributed by atoms with Crippen molar-refractivity contribution in [3.8, 4) is 11.8 Å². The number of hydrogen-bond donors (Lipinski definition) is 2. The van der Waals surface area contributed by atoms with E-state index < -0.39 is 0 Å². The second-order valence-electron chi connectivity index (χ2n) is 5.02. The van der Waals surface area contributed by atoms with Gasteiger partial charge in [-0.3, -0.25) is 4.79 Å². The van der Waals surface area contributed by atoms with Crippen LogP contribution < -0.4 is 15.4 Å². The minimum Gasteiger partial charge on any atom is -0.479 e. The molecule has 20 heavy (non-hydrogen) atoms. The van der Waals surface area contributed by atoms with Crippen LogP contribution in [0.5, 0.6) is 5.75 Å². The first-order valence-corrected chi connectivity index (χ1v) is 6.85. The summed E-state index contributed by atoms with van der Waals surface area (Å²) < 4.78 is 5.22. The first-order chi connectivity index (χ1) is 9.70. The molecule has 1 fully saturated rings. The van der Waals surface area contributed by atoms with E-state index in [1.807, 2.05) is 12.1 Å². The lowest BCUT2D eigenvalue weighted by molar-refractivity contribution is -0.119. The van der Waals surface area contributed by atoms with Crippen LogP contribution in [-0.2, 0) is 4.79 Å². The van der Waals surface area contributed by atoms with Gasteiger partial charge in [-0.15, -0.1) is 0 Å². The number of hydrogen-bond acceptors (Lipinski definition) is 4. The lowest BCUT2D eigenvalue weighted by Crippen LogP contribution is -2.48. The largest absolute Gasteiger partial charge is 0.479 e. The Balaban J connectivity index is 1.98. The van der Waals surface area contributed by atoms with Gasteiger partial charge < -0.3 is 15.4 Å². The molecule has 0 radical (unpaired) electrons. The Morgan fingerprint density at radius 2 is 2.45 bits per heavy atom. The van der Waals surface area contributed by atoms with Crippen molar-refractivity contribution < 1.29 is 9.53 Å². The number of amides is 1. The van der Waals surface area contributed by atoms with Gasteiger partial charge in [0.1, 0.15) is 11.8 Å². The molecule has 0 aromatic heterocycles. The van der Waals surface area contributed by atoms with Gasteiger partial charge in [0, 0.05) is 11.8 Å². The summed E-state index contributed by atoms with van der Waals surface area (Å²) in [7, 11) is 0. The number of carbonyl (C=O) groups is 1. The molecule has 2 unspecified atom stereocenters. The predicted molar refractivity (Wildman–Crippen MR) is 76.4 cm³/mol. The maximum absolute atomic E-state index is 12.2. The van der Waals surface area contributed by atoms with Crippen molar-refractivity contribution in [3.63, 3.8) is 0 Å². The molecule has 1 aliphatic heterocycles. The van der Waals surface area contributed by atoms with E-state index in [1.54, 1.807) is 18.2 Å². The van der Waals surface area contributed by atoms with E-state index in [1.165, 1.54) is 0 Å². The van der Waals surface area contributed by atoms with Crippen molar-refractivity contribution in [3.05, 3.63) is 24.3 Å². The quantitative estimate of drug-likeness (QED) is 0.879. The molecular formula is C15H19N3O2. The highest BCUT2D eigenvalue weighted by Gasteiger charge is 2.27. The number of anilines is 1. The standard InChI is InChI=1S/C15H19N3O2/c1-11-4-3-8-17-14(11)15(19)18-12-5-2-6-13(10-12)20-9-7-16/h2,5-6,10-11,14,17H,3-4,8-9H2,1H3,(H,18,19). The highest BCUT2D eigenvalue weighted by atomic mass is 16.5. The van der Waals surface area contributed by atoms with Gasteiger partial charge >= 0.3 is 0 Å². The van der Waals surface area contributed by atoms with Crippen LogP contribution in [-0.4, -0.2) is 25.1 Å². The highest BCUT2D eigenvalue weighted by molar-refractivity contribution is 5.95. The third-order valence-corrected chi connectivity index (χ3v) is 3.46. The number of carbonyl (C=O) groups excluding carboxylic acids is 1. The molecule has 1 aliphatic rings. The predicted octanol–water partition coefficient (Wildman–Crippen LogP) is 1.92. The topological polar surface area (TPSA) is 74.2 Å². The Bertz CT molecular complexity index is 510. The molecule has 2 atom stereocenters. The van der Waals surface area contributed by atoms with Crippen LogP contribution in [0.1, 0.15) is 19.8 Å². The van der Waals surface area contributed by atoms with Crippen molar-refractivity contribution in [2.75, 3.05) is 18.5 Å². The summed E-state index contributed by atoms with van der Waals surface area (Å²) in [6.07, 6.45) is 2.18. The van der Waals surface area contributed by atoms with Crippen molar-refractivity contribution >= 4 is 11.6 Å². The Labute approximate surface area is 118 Å². The molecule has 0 bridgehead atoms. The molecule has 2 rings (SSSR count). The van der Waals surface area contributed by atoms with Gasteiger partial charge in [-0.05, 0) is 37.4 Å². The number of benzene rings is 1. The molecule has 1 aromatic carbocycles. The number of nitriles is 1. The molecule has 0 saturated carbocycles. The molecule has 0 aliphatic carbocycles. The zero-order valence-corrected chi connectivity index (χ0v) is 11.6. The van der Waals surface area contributed by atoms with Crippen LogP contribution in [0.4, 0.5) is 5.69 Å². The number of piperidine rings is 1. The van der Waals surface area contributed by atoms with Gasteiger partial charge in [-0.2, -0.15) is 5.26 Å². The number of ether oxygens (including phenoxy) is 1. The van der Waals surface area contributed by atoms with Gasteiger partial charge in [0.2, 0.25) is 5.91 Å².